The summed E-state index contributed by atoms with van der Waals surface area (Å²) in [5.41, 5.74) is 1.03. The lowest BCUT2D eigenvalue weighted by atomic mass is 10.2. The Morgan fingerprint density at radius 3 is 2.89 bits per heavy atom. The van der Waals surface area contributed by atoms with Gasteiger partial charge < -0.3 is 9.30 Å². The minimum absolute atomic E-state index is 0.0750. The van der Waals surface area contributed by atoms with Crippen LogP contribution in [0.2, 0.25) is 5.02 Å². The molecule has 5 heteroatoms. The molecule has 0 radical (unpaired) electrons. The molecule has 0 spiro atoms. The van der Waals surface area contributed by atoms with E-state index in [1.54, 1.807) is 42.0 Å². The maximum Gasteiger partial charge on any atom is 0.354 e. The van der Waals surface area contributed by atoms with E-state index in [9.17, 15) is 9.18 Å². The summed E-state index contributed by atoms with van der Waals surface area (Å²) in [6.07, 6.45) is 1.73. The topological polar surface area (TPSA) is 31.2 Å². The van der Waals surface area contributed by atoms with Crippen molar-refractivity contribution in [1.82, 2.24) is 4.57 Å². The fourth-order valence-electron chi connectivity index (χ4n) is 1.80. The predicted octanol–water partition coefficient (Wildman–Crippen LogP) is 3.51. The highest BCUT2D eigenvalue weighted by Gasteiger charge is 2.13. The SMILES string of the molecule is CCOC(=O)c1cccn1Cc1cccc(F)c1Cl. The number of hydrogen-bond donors (Lipinski definition) is 0. The molecule has 0 aliphatic heterocycles. The average Bonchev–Trinajstić information content (AvgIpc) is 2.83. The Kier molecular flexibility index (Phi) is 4.22. The Bertz CT molecular complexity index is 595. The number of carbonyl (C=O) groups is 1. The molecular formula is C14H13ClFNO2. The number of ether oxygens (including phenoxy) is 1. The van der Waals surface area contributed by atoms with Crippen molar-refractivity contribution in [3.8, 4) is 0 Å². The summed E-state index contributed by atoms with van der Waals surface area (Å²) in [5, 5.41) is 0.0750. The summed E-state index contributed by atoms with van der Waals surface area (Å²) in [7, 11) is 0. The average molecular weight is 282 g/mol. The van der Waals surface area contributed by atoms with Crippen LogP contribution in [0.15, 0.2) is 36.5 Å². The molecular weight excluding hydrogens is 269 g/mol. The molecule has 0 saturated heterocycles. The van der Waals surface area contributed by atoms with Gasteiger partial charge in [0.05, 0.1) is 11.6 Å². The van der Waals surface area contributed by atoms with E-state index in [2.05, 4.69) is 0 Å². The number of carbonyl (C=O) groups excluding carboxylic acids is 1. The molecule has 1 aromatic heterocycles. The first-order valence-corrected chi connectivity index (χ1v) is 6.26. The minimum atomic E-state index is -0.469. The van der Waals surface area contributed by atoms with E-state index >= 15 is 0 Å². The van der Waals surface area contributed by atoms with E-state index in [1.165, 1.54) is 6.07 Å². The van der Waals surface area contributed by atoms with Crippen molar-refractivity contribution in [2.75, 3.05) is 6.61 Å². The van der Waals surface area contributed by atoms with Crippen molar-refractivity contribution in [2.45, 2.75) is 13.5 Å². The van der Waals surface area contributed by atoms with Gasteiger partial charge in [-0.05, 0) is 30.7 Å². The van der Waals surface area contributed by atoms with Crippen LogP contribution in [-0.4, -0.2) is 17.1 Å². The van der Waals surface area contributed by atoms with Gasteiger partial charge in [0, 0.05) is 12.7 Å². The molecule has 0 N–H and O–H groups in total. The van der Waals surface area contributed by atoms with E-state index in [1.807, 2.05) is 0 Å². The summed E-state index contributed by atoms with van der Waals surface area (Å²) < 4.78 is 20.0. The van der Waals surface area contributed by atoms with Gasteiger partial charge in [-0.25, -0.2) is 9.18 Å². The van der Waals surface area contributed by atoms with Crippen LogP contribution in [0.4, 0.5) is 4.39 Å². The molecule has 2 rings (SSSR count). The lowest BCUT2D eigenvalue weighted by Crippen LogP contribution is -2.12. The van der Waals surface area contributed by atoms with Gasteiger partial charge in [-0.3, -0.25) is 0 Å². The third kappa shape index (κ3) is 2.96. The second-order valence-corrected chi connectivity index (χ2v) is 4.33. The quantitative estimate of drug-likeness (QED) is 0.803. The lowest BCUT2D eigenvalue weighted by molar-refractivity contribution is 0.0514. The van der Waals surface area contributed by atoms with Gasteiger partial charge in [0.25, 0.3) is 0 Å². The van der Waals surface area contributed by atoms with Crippen molar-refractivity contribution in [3.05, 3.63) is 58.6 Å². The molecule has 0 bridgehead atoms. The van der Waals surface area contributed by atoms with Crippen LogP contribution in [0.1, 0.15) is 23.0 Å². The van der Waals surface area contributed by atoms with Crippen molar-refractivity contribution >= 4 is 17.6 Å². The third-order valence-electron chi connectivity index (χ3n) is 2.69. The predicted molar refractivity (Wildman–Crippen MR) is 70.9 cm³/mol. The molecule has 1 heterocycles. The molecule has 19 heavy (non-hydrogen) atoms. The van der Waals surface area contributed by atoms with Gasteiger partial charge in [-0.1, -0.05) is 23.7 Å². The molecule has 2 aromatic rings. The van der Waals surface area contributed by atoms with Crippen LogP contribution in [0.3, 0.4) is 0 Å². The van der Waals surface area contributed by atoms with Gasteiger partial charge in [0.1, 0.15) is 11.5 Å². The van der Waals surface area contributed by atoms with Crippen LogP contribution in [0.5, 0.6) is 0 Å². The highest BCUT2D eigenvalue weighted by molar-refractivity contribution is 6.31. The summed E-state index contributed by atoms with van der Waals surface area (Å²) in [5.74, 6) is -0.871. The van der Waals surface area contributed by atoms with Gasteiger partial charge in [-0.2, -0.15) is 0 Å². The van der Waals surface area contributed by atoms with Crippen LogP contribution < -0.4 is 0 Å². The number of aromatic nitrogens is 1. The summed E-state index contributed by atoms with van der Waals surface area (Å²) in [6, 6.07) is 8.00. The fourth-order valence-corrected chi connectivity index (χ4v) is 1.98. The molecule has 100 valence electrons. The molecule has 0 amide bonds. The van der Waals surface area contributed by atoms with Gasteiger partial charge >= 0.3 is 5.97 Å². The van der Waals surface area contributed by atoms with Gasteiger partial charge in [0.2, 0.25) is 0 Å². The minimum Gasteiger partial charge on any atom is -0.461 e. The molecule has 1 aromatic carbocycles. The van der Waals surface area contributed by atoms with Crippen LogP contribution >= 0.6 is 11.6 Å². The van der Waals surface area contributed by atoms with Crippen LogP contribution in [0, 0.1) is 5.82 Å². The second-order valence-electron chi connectivity index (χ2n) is 3.95. The Labute approximate surface area is 115 Å². The summed E-state index contributed by atoms with van der Waals surface area (Å²) >= 11 is 5.90. The zero-order valence-corrected chi connectivity index (χ0v) is 11.2. The number of esters is 1. The zero-order chi connectivity index (χ0) is 13.8. The number of hydrogen-bond acceptors (Lipinski definition) is 2. The van der Waals surface area contributed by atoms with Crippen molar-refractivity contribution in [1.29, 1.82) is 0 Å². The van der Waals surface area contributed by atoms with E-state index in [0.717, 1.165) is 0 Å². The summed E-state index contributed by atoms with van der Waals surface area (Å²) in [4.78, 5) is 11.7. The third-order valence-corrected chi connectivity index (χ3v) is 3.11. The number of halogens is 2. The smallest absolute Gasteiger partial charge is 0.354 e. The fraction of sp³-hybridized carbons (Fsp3) is 0.214. The zero-order valence-electron chi connectivity index (χ0n) is 10.4. The Morgan fingerprint density at radius 2 is 2.16 bits per heavy atom. The number of rotatable bonds is 4. The monoisotopic (exact) mass is 281 g/mol. The Balaban J connectivity index is 2.27. The second kappa shape index (κ2) is 5.89. The highest BCUT2D eigenvalue weighted by atomic mass is 35.5. The first-order valence-electron chi connectivity index (χ1n) is 5.88. The largest absolute Gasteiger partial charge is 0.461 e. The van der Waals surface area contributed by atoms with Gasteiger partial charge in [0.15, 0.2) is 0 Å². The van der Waals surface area contributed by atoms with Gasteiger partial charge in [-0.15, -0.1) is 0 Å². The molecule has 0 unspecified atom stereocenters. The number of benzene rings is 1. The molecule has 0 aliphatic rings. The normalized spacial score (nSPS) is 10.5. The van der Waals surface area contributed by atoms with E-state index in [4.69, 9.17) is 16.3 Å². The van der Waals surface area contributed by atoms with Crippen molar-refractivity contribution < 1.29 is 13.9 Å². The number of nitrogens with zero attached hydrogens (tertiary/aromatic N) is 1. The summed E-state index contributed by atoms with van der Waals surface area (Å²) in [6.45, 7) is 2.37. The Morgan fingerprint density at radius 1 is 1.37 bits per heavy atom. The maximum atomic E-state index is 13.4. The highest BCUT2D eigenvalue weighted by Crippen LogP contribution is 2.21. The van der Waals surface area contributed by atoms with Crippen molar-refractivity contribution in [2.24, 2.45) is 0 Å². The standard InChI is InChI=1S/C14H13ClFNO2/c1-2-19-14(18)12-7-4-8-17(12)9-10-5-3-6-11(16)13(10)15/h3-8H,2,9H2,1H3. The first kappa shape index (κ1) is 13.6. The molecule has 0 atom stereocenters. The van der Waals surface area contributed by atoms with Crippen molar-refractivity contribution in [3.63, 3.8) is 0 Å². The molecule has 0 saturated carbocycles. The maximum absolute atomic E-state index is 13.4. The molecule has 0 fully saturated rings. The van der Waals surface area contributed by atoms with Crippen LogP contribution in [-0.2, 0) is 11.3 Å². The van der Waals surface area contributed by atoms with E-state index in [0.29, 0.717) is 24.4 Å². The lowest BCUT2D eigenvalue weighted by Gasteiger charge is -2.10. The molecule has 0 aliphatic carbocycles. The van der Waals surface area contributed by atoms with Crippen LogP contribution in [0.25, 0.3) is 0 Å². The first-order chi connectivity index (χ1) is 9.13. The van der Waals surface area contributed by atoms with E-state index < -0.39 is 11.8 Å². The Hall–Kier alpha value is -1.81. The van der Waals surface area contributed by atoms with E-state index in [-0.39, 0.29) is 5.02 Å². The molecule has 3 nitrogen and oxygen atoms in total.